The Labute approximate surface area is 206 Å². The molecular formula is C23H18ClFN6O3S. The molecule has 0 unspecified atom stereocenters. The Morgan fingerprint density at radius 2 is 1.74 bits per heavy atom. The highest BCUT2D eigenvalue weighted by Gasteiger charge is 2.24. The number of thioether (sulfide) groups is 1. The molecule has 0 N–H and O–H groups in total. The number of carbonyl (C=O) groups is 1. The lowest BCUT2D eigenvalue weighted by Gasteiger charge is -2.08. The zero-order valence-corrected chi connectivity index (χ0v) is 20.2. The van der Waals surface area contributed by atoms with E-state index in [9.17, 15) is 18.8 Å². The molecule has 0 spiro atoms. The summed E-state index contributed by atoms with van der Waals surface area (Å²) in [7, 11) is 2.96. The lowest BCUT2D eigenvalue weighted by Crippen LogP contribution is -2.37. The van der Waals surface area contributed by atoms with Gasteiger partial charge in [-0.05, 0) is 29.8 Å². The second kappa shape index (κ2) is 8.82. The zero-order chi connectivity index (χ0) is 24.9. The molecule has 0 saturated carbocycles. The molecule has 0 aliphatic carbocycles. The van der Waals surface area contributed by atoms with Crippen LogP contribution in [-0.2, 0) is 20.6 Å². The Hall–Kier alpha value is -3.70. The first-order chi connectivity index (χ1) is 16.8. The number of benzene rings is 2. The number of nitrogens with zero attached hydrogens (tertiary/aromatic N) is 6. The number of halogens is 2. The Kier molecular flexibility index (Phi) is 5.81. The quantitative estimate of drug-likeness (QED) is 0.256. The van der Waals surface area contributed by atoms with Gasteiger partial charge in [-0.15, -0.1) is 10.2 Å². The van der Waals surface area contributed by atoms with Crippen molar-refractivity contribution in [3.63, 3.8) is 0 Å². The zero-order valence-electron chi connectivity index (χ0n) is 18.6. The van der Waals surface area contributed by atoms with Gasteiger partial charge in [0.05, 0.1) is 17.9 Å². The number of Topliss-reactive ketones (excluding diaryl/α,β-unsaturated/α-hetero) is 1. The van der Waals surface area contributed by atoms with Gasteiger partial charge in [0.15, 0.2) is 22.1 Å². The van der Waals surface area contributed by atoms with E-state index < -0.39 is 22.8 Å². The van der Waals surface area contributed by atoms with Crippen molar-refractivity contribution in [1.29, 1.82) is 0 Å². The van der Waals surface area contributed by atoms with E-state index in [-0.39, 0.29) is 23.4 Å². The molecule has 12 heteroatoms. The molecule has 3 aromatic heterocycles. The van der Waals surface area contributed by atoms with E-state index in [0.717, 1.165) is 21.9 Å². The summed E-state index contributed by atoms with van der Waals surface area (Å²) in [4.78, 5) is 38.5. The van der Waals surface area contributed by atoms with E-state index in [1.807, 2.05) is 12.1 Å². The van der Waals surface area contributed by atoms with Crippen LogP contribution in [0.4, 0.5) is 4.39 Å². The van der Waals surface area contributed by atoms with Gasteiger partial charge in [0, 0.05) is 19.1 Å². The molecule has 3 heterocycles. The highest BCUT2D eigenvalue weighted by atomic mass is 35.5. The third kappa shape index (κ3) is 3.86. The molecule has 0 aliphatic heterocycles. The molecule has 9 nitrogen and oxygen atoms in total. The lowest BCUT2D eigenvalue weighted by molar-refractivity contribution is 0.101. The van der Waals surface area contributed by atoms with Crippen molar-refractivity contribution < 1.29 is 9.18 Å². The highest BCUT2D eigenvalue weighted by Crippen LogP contribution is 2.25. The maximum absolute atomic E-state index is 14.0. The standard InChI is InChI=1S/C23H18ClFN6O3S/c1-28-19-18(20(33)29(2)23(28)34)30(11-13-7-9-14(24)10-8-13)21-26-27-22(31(19)21)35-12-17(32)15-5-3-4-6-16(15)25/h3-10H,11-12H2,1-2H3. The smallest absolute Gasteiger partial charge is 0.298 e. The molecule has 5 rings (SSSR count). The van der Waals surface area contributed by atoms with Crippen LogP contribution in [0.1, 0.15) is 15.9 Å². The molecule has 0 bridgehead atoms. The van der Waals surface area contributed by atoms with Crippen LogP contribution >= 0.6 is 23.4 Å². The molecule has 0 fully saturated rings. The van der Waals surface area contributed by atoms with Gasteiger partial charge in [-0.25, -0.2) is 13.6 Å². The van der Waals surface area contributed by atoms with Gasteiger partial charge in [0.25, 0.3) is 5.56 Å². The number of hydrogen-bond acceptors (Lipinski definition) is 6. The molecule has 0 saturated heterocycles. The minimum absolute atomic E-state index is 0.0211. The van der Waals surface area contributed by atoms with Crippen molar-refractivity contribution in [2.24, 2.45) is 14.1 Å². The molecular weight excluding hydrogens is 495 g/mol. The number of imidazole rings is 1. The Balaban J connectivity index is 1.65. The number of carbonyl (C=O) groups excluding carboxylic acids is 1. The van der Waals surface area contributed by atoms with Crippen LogP contribution in [0, 0.1) is 5.82 Å². The van der Waals surface area contributed by atoms with Crippen LogP contribution in [0.5, 0.6) is 0 Å². The Morgan fingerprint density at radius 3 is 2.46 bits per heavy atom. The van der Waals surface area contributed by atoms with Crippen molar-refractivity contribution in [2.45, 2.75) is 11.7 Å². The largest absolute Gasteiger partial charge is 0.332 e. The number of aromatic nitrogens is 6. The average molecular weight is 513 g/mol. The summed E-state index contributed by atoms with van der Waals surface area (Å²) in [5.74, 6) is -0.798. The number of hydrogen-bond donors (Lipinski definition) is 0. The Morgan fingerprint density at radius 1 is 1.03 bits per heavy atom. The van der Waals surface area contributed by atoms with E-state index in [4.69, 9.17) is 11.6 Å². The Bertz CT molecular complexity index is 1740. The normalized spacial score (nSPS) is 11.5. The first kappa shape index (κ1) is 23.1. The van der Waals surface area contributed by atoms with Crippen LogP contribution in [0.15, 0.2) is 63.3 Å². The SMILES string of the molecule is Cn1c(=O)c2c(n(C)c1=O)n1c(SCC(=O)c3ccccc3F)nnc1n2Cc1ccc(Cl)cc1. The maximum atomic E-state index is 14.0. The first-order valence-electron chi connectivity index (χ1n) is 10.5. The third-order valence-corrected chi connectivity index (χ3v) is 6.89. The molecule has 35 heavy (non-hydrogen) atoms. The summed E-state index contributed by atoms with van der Waals surface area (Å²) in [6.45, 7) is 0.272. The minimum Gasteiger partial charge on any atom is -0.298 e. The van der Waals surface area contributed by atoms with Gasteiger partial charge in [0.1, 0.15) is 5.82 Å². The third-order valence-electron chi connectivity index (χ3n) is 5.71. The fraction of sp³-hybridized carbons (Fsp3) is 0.174. The predicted octanol–water partition coefficient (Wildman–Crippen LogP) is 2.90. The molecule has 0 atom stereocenters. The number of ketones is 1. The van der Waals surface area contributed by atoms with Crippen LogP contribution in [0.3, 0.4) is 0 Å². The lowest BCUT2D eigenvalue weighted by atomic mass is 10.1. The van der Waals surface area contributed by atoms with Crippen molar-refractivity contribution in [3.8, 4) is 0 Å². The molecule has 0 aliphatic rings. The van der Waals surface area contributed by atoms with Crippen molar-refractivity contribution >= 4 is 46.1 Å². The minimum atomic E-state index is -0.602. The number of fused-ring (bicyclic) bond motifs is 3. The highest BCUT2D eigenvalue weighted by molar-refractivity contribution is 7.99. The molecule has 2 aromatic carbocycles. The van der Waals surface area contributed by atoms with Crippen LogP contribution < -0.4 is 11.2 Å². The fourth-order valence-corrected chi connectivity index (χ4v) is 4.88. The monoisotopic (exact) mass is 512 g/mol. The van der Waals surface area contributed by atoms with Gasteiger partial charge in [-0.3, -0.25) is 23.3 Å². The van der Waals surface area contributed by atoms with Crippen LogP contribution in [-0.4, -0.2) is 39.8 Å². The summed E-state index contributed by atoms with van der Waals surface area (Å²) in [6.07, 6.45) is 0. The van der Waals surface area contributed by atoms with E-state index in [1.54, 1.807) is 34.2 Å². The average Bonchev–Trinajstić information content (AvgIpc) is 3.40. The molecule has 0 amide bonds. The van der Waals surface area contributed by atoms with Gasteiger partial charge < -0.3 is 0 Å². The summed E-state index contributed by atoms with van der Waals surface area (Å²) in [5, 5.41) is 9.33. The summed E-state index contributed by atoms with van der Waals surface area (Å²) in [5.41, 5.74) is 0.398. The molecule has 5 aromatic rings. The summed E-state index contributed by atoms with van der Waals surface area (Å²) >= 11 is 7.05. The van der Waals surface area contributed by atoms with Crippen LogP contribution in [0.25, 0.3) is 16.9 Å². The number of rotatable bonds is 6. The number of aryl methyl sites for hydroxylation is 1. The molecule has 178 valence electrons. The maximum Gasteiger partial charge on any atom is 0.332 e. The van der Waals surface area contributed by atoms with Gasteiger partial charge >= 0.3 is 5.69 Å². The van der Waals surface area contributed by atoms with Gasteiger partial charge in [-0.2, -0.15) is 0 Å². The van der Waals surface area contributed by atoms with Crippen LogP contribution in [0.2, 0.25) is 5.02 Å². The molecule has 0 radical (unpaired) electrons. The predicted molar refractivity (Wildman–Crippen MR) is 131 cm³/mol. The van der Waals surface area contributed by atoms with Crippen molar-refractivity contribution in [3.05, 3.63) is 91.3 Å². The van der Waals surface area contributed by atoms with E-state index in [0.29, 0.717) is 21.6 Å². The fourth-order valence-electron chi connectivity index (χ4n) is 3.94. The summed E-state index contributed by atoms with van der Waals surface area (Å²) in [6, 6.07) is 12.9. The van der Waals surface area contributed by atoms with Gasteiger partial charge in [0.2, 0.25) is 5.78 Å². The first-order valence-corrected chi connectivity index (χ1v) is 11.8. The second-order valence-electron chi connectivity index (χ2n) is 7.90. The van der Waals surface area contributed by atoms with Crippen molar-refractivity contribution in [2.75, 3.05) is 5.75 Å². The summed E-state index contributed by atoms with van der Waals surface area (Å²) < 4.78 is 19.7. The topological polar surface area (TPSA) is 96.2 Å². The van der Waals surface area contributed by atoms with Gasteiger partial charge in [-0.1, -0.05) is 47.6 Å². The van der Waals surface area contributed by atoms with Crippen molar-refractivity contribution in [1.82, 2.24) is 28.3 Å². The van der Waals surface area contributed by atoms with E-state index in [2.05, 4.69) is 10.2 Å². The van der Waals surface area contributed by atoms with E-state index >= 15 is 0 Å². The second-order valence-corrected chi connectivity index (χ2v) is 9.28. The van der Waals surface area contributed by atoms with E-state index in [1.165, 1.54) is 29.8 Å².